The van der Waals surface area contributed by atoms with E-state index in [1.807, 2.05) is 44.2 Å². The minimum absolute atomic E-state index is 0.133. The largest absolute Gasteiger partial charge is 0.460 e. The molecule has 0 radical (unpaired) electrons. The molecule has 0 aliphatic heterocycles. The molecule has 6 heteroatoms. The monoisotopic (exact) mass is 363 g/mol. The van der Waals surface area contributed by atoms with E-state index in [0.717, 1.165) is 5.56 Å². The van der Waals surface area contributed by atoms with Gasteiger partial charge in [0.05, 0.1) is 6.54 Å². The summed E-state index contributed by atoms with van der Waals surface area (Å²) in [5.74, 6) is -0.810. The molecule has 0 atom stereocenters. The smallest absolute Gasteiger partial charge is 0.410 e. The summed E-state index contributed by atoms with van der Waals surface area (Å²) >= 11 is 0. The Balaban J connectivity index is 2.60. The number of ketones is 1. The average Bonchev–Trinajstić information content (AvgIpc) is 2.50. The number of amides is 1. The summed E-state index contributed by atoms with van der Waals surface area (Å²) in [4.78, 5) is 37.6. The van der Waals surface area contributed by atoms with E-state index >= 15 is 0 Å². The van der Waals surface area contributed by atoms with Crippen LogP contribution < -0.4 is 0 Å². The van der Waals surface area contributed by atoms with Crippen molar-refractivity contribution in [2.45, 2.75) is 53.2 Å². The van der Waals surface area contributed by atoms with Crippen LogP contribution >= 0.6 is 0 Å². The van der Waals surface area contributed by atoms with E-state index in [1.165, 1.54) is 4.90 Å². The zero-order valence-corrected chi connectivity index (χ0v) is 16.3. The highest BCUT2D eigenvalue weighted by molar-refractivity contribution is 5.97. The molecule has 1 aromatic carbocycles. The highest BCUT2D eigenvalue weighted by Gasteiger charge is 2.23. The first-order valence-corrected chi connectivity index (χ1v) is 8.76. The van der Waals surface area contributed by atoms with Crippen molar-refractivity contribution >= 4 is 17.8 Å². The molecule has 0 saturated heterocycles. The van der Waals surface area contributed by atoms with Crippen LogP contribution in [0.3, 0.4) is 0 Å². The van der Waals surface area contributed by atoms with Crippen LogP contribution in [0.4, 0.5) is 4.79 Å². The lowest BCUT2D eigenvalue weighted by atomic mass is 10.2. The third-order valence-corrected chi connectivity index (χ3v) is 3.18. The number of rotatable bonds is 8. The van der Waals surface area contributed by atoms with Crippen LogP contribution in [0, 0.1) is 5.92 Å². The fourth-order valence-electron chi connectivity index (χ4n) is 2.26. The predicted octanol–water partition coefficient (Wildman–Crippen LogP) is 3.58. The van der Waals surface area contributed by atoms with Gasteiger partial charge in [-0.3, -0.25) is 9.59 Å². The van der Waals surface area contributed by atoms with Gasteiger partial charge in [-0.25, -0.2) is 4.79 Å². The minimum Gasteiger partial charge on any atom is -0.460 e. The topological polar surface area (TPSA) is 72.9 Å². The Hall–Kier alpha value is -2.37. The molecule has 0 aliphatic carbocycles. The Morgan fingerprint density at radius 1 is 1.08 bits per heavy atom. The maximum atomic E-state index is 12.3. The molecule has 0 saturated carbocycles. The lowest BCUT2D eigenvalue weighted by molar-refractivity contribution is -0.156. The number of hydrogen-bond acceptors (Lipinski definition) is 5. The first kappa shape index (κ1) is 21.7. The van der Waals surface area contributed by atoms with E-state index in [1.54, 1.807) is 20.8 Å². The van der Waals surface area contributed by atoms with Crippen LogP contribution in [-0.4, -0.2) is 41.4 Å². The number of nitrogens with zero attached hydrogens (tertiary/aromatic N) is 1. The molecule has 26 heavy (non-hydrogen) atoms. The van der Waals surface area contributed by atoms with Crippen LogP contribution in [0.1, 0.15) is 46.6 Å². The van der Waals surface area contributed by atoms with Gasteiger partial charge < -0.3 is 14.4 Å². The van der Waals surface area contributed by atoms with Gasteiger partial charge in [0, 0.05) is 6.54 Å². The molecule has 0 spiro atoms. The van der Waals surface area contributed by atoms with E-state index < -0.39 is 17.7 Å². The molecule has 6 nitrogen and oxygen atoms in total. The van der Waals surface area contributed by atoms with Crippen molar-refractivity contribution in [2.75, 3.05) is 13.1 Å². The number of ether oxygens (including phenoxy) is 2. The summed E-state index contributed by atoms with van der Waals surface area (Å²) in [6.07, 6.45) is -0.933. The van der Waals surface area contributed by atoms with Crippen molar-refractivity contribution in [1.29, 1.82) is 0 Å². The van der Waals surface area contributed by atoms with Gasteiger partial charge in [0.1, 0.15) is 18.6 Å². The SMILES string of the molecule is CC(C)CN(CC(=O)CC(=O)OC(C)(C)C)C(=O)OCc1ccccc1. The summed E-state index contributed by atoms with van der Waals surface area (Å²) in [5, 5.41) is 0. The van der Waals surface area contributed by atoms with Gasteiger partial charge in [-0.15, -0.1) is 0 Å². The Kier molecular flexibility index (Phi) is 8.29. The Bertz CT molecular complexity index is 604. The van der Waals surface area contributed by atoms with E-state index in [2.05, 4.69) is 0 Å². The second-order valence-electron chi connectivity index (χ2n) is 7.62. The molecular weight excluding hydrogens is 334 g/mol. The fourth-order valence-corrected chi connectivity index (χ4v) is 2.26. The number of esters is 1. The molecule has 1 rings (SSSR count). The van der Waals surface area contributed by atoms with Crippen molar-refractivity contribution in [2.24, 2.45) is 5.92 Å². The van der Waals surface area contributed by atoms with E-state index in [-0.39, 0.29) is 31.3 Å². The second kappa shape index (κ2) is 9.94. The molecule has 144 valence electrons. The van der Waals surface area contributed by atoms with E-state index in [9.17, 15) is 14.4 Å². The molecule has 0 aliphatic rings. The van der Waals surface area contributed by atoms with Crippen molar-refractivity contribution < 1.29 is 23.9 Å². The Morgan fingerprint density at radius 3 is 2.23 bits per heavy atom. The van der Waals surface area contributed by atoms with Crippen LogP contribution in [0.2, 0.25) is 0 Å². The minimum atomic E-state index is -0.649. The predicted molar refractivity (Wildman–Crippen MR) is 98.5 cm³/mol. The maximum absolute atomic E-state index is 12.3. The van der Waals surface area contributed by atoms with Crippen LogP contribution in [0.15, 0.2) is 30.3 Å². The van der Waals surface area contributed by atoms with Gasteiger partial charge in [0.25, 0.3) is 0 Å². The first-order chi connectivity index (χ1) is 12.1. The zero-order chi connectivity index (χ0) is 19.7. The Morgan fingerprint density at radius 2 is 1.69 bits per heavy atom. The third kappa shape index (κ3) is 9.20. The van der Waals surface area contributed by atoms with Crippen LogP contribution in [0.25, 0.3) is 0 Å². The van der Waals surface area contributed by atoms with Gasteiger partial charge in [0.2, 0.25) is 0 Å². The number of carbonyl (C=O) groups is 3. The highest BCUT2D eigenvalue weighted by atomic mass is 16.6. The van der Waals surface area contributed by atoms with Crippen LogP contribution in [0.5, 0.6) is 0 Å². The molecule has 0 unspecified atom stereocenters. The van der Waals surface area contributed by atoms with Crippen molar-refractivity contribution in [3.8, 4) is 0 Å². The maximum Gasteiger partial charge on any atom is 0.410 e. The summed E-state index contributed by atoms with van der Waals surface area (Å²) in [6.45, 7) is 9.42. The number of carbonyl (C=O) groups excluding carboxylic acids is 3. The third-order valence-electron chi connectivity index (χ3n) is 3.18. The standard InChI is InChI=1S/C20H29NO5/c1-15(2)12-21(13-17(22)11-18(23)26-20(3,4)5)19(24)25-14-16-9-7-6-8-10-16/h6-10,15H,11-14H2,1-5H3. The van der Waals surface area contributed by atoms with Crippen molar-refractivity contribution in [1.82, 2.24) is 4.90 Å². The molecule has 0 bridgehead atoms. The molecular formula is C20H29NO5. The number of hydrogen-bond donors (Lipinski definition) is 0. The fraction of sp³-hybridized carbons (Fsp3) is 0.550. The van der Waals surface area contributed by atoms with Crippen molar-refractivity contribution in [3.05, 3.63) is 35.9 Å². The summed E-state index contributed by atoms with van der Waals surface area (Å²) in [6, 6.07) is 9.31. The van der Waals surface area contributed by atoms with Gasteiger partial charge >= 0.3 is 12.1 Å². The second-order valence-corrected chi connectivity index (χ2v) is 7.62. The molecule has 1 amide bonds. The lowest BCUT2D eigenvalue weighted by Gasteiger charge is -2.24. The zero-order valence-electron chi connectivity index (χ0n) is 16.3. The van der Waals surface area contributed by atoms with Gasteiger partial charge in [-0.05, 0) is 32.3 Å². The normalized spacial score (nSPS) is 11.2. The lowest BCUT2D eigenvalue weighted by Crippen LogP contribution is -2.39. The van der Waals surface area contributed by atoms with E-state index in [0.29, 0.717) is 6.54 Å². The van der Waals surface area contributed by atoms with Crippen molar-refractivity contribution in [3.63, 3.8) is 0 Å². The highest BCUT2D eigenvalue weighted by Crippen LogP contribution is 2.10. The summed E-state index contributed by atoms with van der Waals surface area (Å²) in [7, 11) is 0. The molecule has 0 fully saturated rings. The molecule has 1 aromatic rings. The molecule has 0 N–H and O–H groups in total. The average molecular weight is 363 g/mol. The summed E-state index contributed by atoms with van der Waals surface area (Å²) in [5.41, 5.74) is 0.217. The number of Topliss-reactive ketones (excluding diaryl/α,β-unsaturated/α-hetero) is 1. The quantitative estimate of drug-likeness (QED) is 0.521. The Labute approximate surface area is 155 Å². The molecule has 0 heterocycles. The summed E-state index contributed by atoms with van der Waals surface area (Å²) < 4.78 is 10.4. The van der Waals surface area contributed by atoms with Crippen LogP contribution in [-0.2, 0) is 25.7 Å². The first-order valence-electron chi connectivity index (χ1n) is 8.76. The van der Waals surface area contributed by atoms with Gasteiger partial charge in [-0.1, -0.05) is 44.2 Å². The van der Waals surface area contributed by atoms with Gasteiger partial charge in [0.15, 0.2) is 5.78 Å². The number of benzene rings is 1. The molecule has 0 aromatic heterocycles. The van der Waals surface area contributed by atoms with E-state index in [4.69, 9.17) is 9.47 Å². The van der Waals surface area contributed by atoms with Gasteiger partial charge in [-0.2, -0.15) is 0 Å².